The number of nitrogens with zero attached hydrogens (tertiary/aromatic N) is 2. The van der Waals surface area contributed by atoms with E-state index in [1.807, 2.05) is 19.9 Å². The van der Waals surface area contributed by atoms with E-state index in [2.05, 4.69) is 30.1 Å². The molecule has 1 N–H and O–H groups in total. The molecule has 1 aliphatic carbocycles. The van der Waals surface area contributed by atoms with Crippen LogP contribution in [0, 0.1) is 11.3 Å². The summed E-state index contributed by atoms with van der Waals surface area (Å²) in [7, 11) is 0. The molecular weight excluding hydrogens is 457 g/mol. The molecule has 1 aliphatic rings. The van der Waals surface area contributed by atoms with E-state index in [4.69, 9.17) is 4.98 Å². The van der Waals surface area contributed by atoms with Crippen molar-refractivity contribution in [3.05, 3.63) is 59.4 Å². The lowest BCUT2D eigenvalue weighted by atomic mass is 9.70. The van der Waals surface area contributed by atoms with Gasteiger partial charge in [0, 0.05) is 11.5 Å². The number of imidazole rings is 1. The average Bonchev–Trinajstić information content (AvgIpc) is 3.11. The van der Waals surface area contributed by atoms with Gasteiger partial charge in [0.15, 0.2) is 0 Å². The zero-order valence-corrected chi connectivity index (χ0v) is 20.6. The summed E-state index contributed by atoms with van der Waals surface area (Å²) in [6, 6.07) is 11.0. The van der Waals surface area contributed by atoms with E-state index in [1.54, 1.807) is 24.3 Å². The van der Waals surface area contributed by atoms with Gasteiger partial charge in [0.25, 0.3) is 0 Å². The molecule has 2 aromatic carbocycles. The standard InChI is InChI=1S/C27H31F3N2O3/c1-16-12-19(15-25(2,3)14-16)32-22-11-6-17(23(33)34)13-21(22)31-24(32)26(4,5)18-7-9-20(10-8-18)35-27(28,29)30/h6-11,13,16,19H,12,14-15H2,1-5H3,(H,33,34)/t16-,19+/m1/s1. The zero-order valence-electron chi connectivity index (χ0n) is 20.6. The van der Waals surface area contributed by atoms with Crippen molar-refractivity contribution in [2.24, 2.45) is 11.3 Å². The number of hydrogen-bond donors (Lipinski definition) is 1. The van der Waals surface area contributed by atoms with Crippen molar-refractivity contribution in [1.29, 1.82) is 0 Å². The fourth-order valence-corrected chi connectivity index (χ4v) is 5.74. The van der Waals surface area contributed by atoms with Gasteiger partial charge in [-0.25, -0.2) is 9.78 Å². The Kier molecular flexibility index (Phi) is 6.14. The molecule has 0 aliphatic heterocycles. The highest BCUT2D eigenvalue weighted by Gasteiger charge is 2.38. The van der Waals surface area contributed by atoms with Gasteiger partial charge in [-0.2, -0.15) is 0 Å². The maximum atomic E-state index is 12.6. The summed E-state index contributed by atoms with van der Waals surface area (Å²) in [6.07, 6.45) is -1.71. The quantitative estimate of drug-likeness (QED) is 0.408. The number of ether oxygens (including phenoxy) is 1. The fraction of sp³-hybridized carbons (Fsp3) is 0.481. The van der Waals surface area contributed by atoms with Crippen molar-refractivity contribution >= 4 is 17.0 Å². The molecule has 1 aromatic heterocycles. The monoisotopic (exact) mass is 488 g/mol. The van der Waals surface area contributed by atoms with E-state index in [9.17, 15) is 23.1 Å². The summed E-state index contributed by atoms with van der Waals surface area (Å²) in [5.74, 6) is -0.0295. The van der Waals surface area contributed by atoms with Gasteiger partial charge in [-0.3, -0.25) is 0 Å². The van der Waals surface area contributed by atoms with Gasteiger partial charge in [-0.1, -0.05) is 32.9 Å². The second-order valence-electron chi connectivity index (χ2n) is 11.1. The molecule has 1 saturated carbocycles. The van der Waals surface area contributed by atoms with Crippen LogP contribution < -0.4 is 4.74 Å². The number of halogens is 3. The molecule has 3 aromatic rings. The number of hydrogen-bond acceptors (Lipinski definition) is 3. The van der Waals surface area contributed by atoms with Crippen LogP contribution in [-0.2, 0) is 5.41 Å². The average molecular weight is 489 g/mol. The highest BCUT2D eigenvalue weighted by atomic mass is 19.4. The molecule has 4 rings (SSSR count). The molecular formula is C27H31F3N2O3. The minimum atomic E-state index is -4.75. The Balaban J connectivity index is 1.85. The first kappa shape index (κ1) is 25.1. The van der Waals surface area contributed by atoms with Crippen LogP contribution in [0.3, 0.4) is 0 Å². The lowest BCUT2D eigenvalue weighted by Gasteiger charge is -2.41. The number of fused-ring (bicyclic) bond motifs is 1. The topological polar surface area (TPSA) is 64.4 Å². The number of aromatic nitrogens is 2. The largest absolute Gasteiger partial charge is 0.573 e. The molecule has 188 valence electrons. The van der Waals surface area contributed by atoms with Gasteiger partial charge in [0.2, 0.25) is 0 Å². The fourth-order valence-electron chi connectivity index (χ4n) is 5.74. The van der Waals surface area contributed by atoms with Crippen molar-refractivity contribution in [2.45, 2.75) is 71.7 Å². The van der Waals surface area contributed by atoms with E-state index in [-0.39, 0.29) is 22.8 Å². The highest BCUT2D eigenvalue weighted by molar-refractivity contribution is 5.92. The lowest BCUT2D eigenvalue weighted by molar-refractivity contribution is -0.274. The third kappa shape index (κ3) is 5.16. The second kappa shape index (κ2) is 8.57. The zero-order chi connectivity index (χ0) is 25.8. The molecule has 1 heterocycles. The Labute approximate surface area is 202 Å². The molecule has 35 heavy (non-hydrogen) atoms. The van der Waals surface area contributed by atoms with Crippen molar-refractivity contribution < 1.29 is 27.8 Å². The summed E-state index contributed by atoms with van der Waals surface area (Å²) >= 11 is 0. The Bertz CT molecular complexity index is 1240. The van der Waals surface area contributed by atoms with Crippen LogP contribution in [0.25, 0.3) is 11.0 Å². The highest BCUT2D eigenvalue weighted by Crippen LogP contribution is 2.47. The normalized spacial score (nSPS) is 20.7. The molecule has 2 atom stereocenters. The summed E-state index contributed by atoms with van der Waals surface area (Å²) in [5, 5.41) is 9.49. The number of carboxylic acids is 1. The van der Waals surface area contributed by atoms with Crippen LogP contribution >= 0.6 is 0 Å². The maximum Gasteiger partial charge on any atom is 0.573 e. The summed E-state index contributed by atoms with van der Waals surface area (Å²) in [5.41, 5.74) is 1.88. The van der Waals surface area contributed by atoms with Gasteiger partial charge in [0.1, 0.15) is 11.6 Å². The van der Waals surface area contributed by atoms with Gasteiger partial charge < -0.3 is 14.4 Å². The molecule has 0 unspecified atom stereocenters. The van der Waals surface area contributed by atoms with Gasteiger partial charge in [-0.15, -0.1) is 13.2 Å². The van der Waals surface area contributed by atoms with Crippen LogP contribution in [0.5, 0.6) is 5.75 Å². The van der Waals surface area contributed by atoms with Crippen LogP contribution in [0.1, 0.15) is 81.7 Å². The van der Waals surface area contributed by atoms with Crippen molar-refractivity contribution in [3.8, 4) is 5.75 Å². The first-order valence-electron chi connectivity index (χ1n) is 11.8. The molecule has 0 radical (unpaired) electrons. The van der Waals surface area contributed by atoms with E-state index in [0.29, 0.717) is 11.4 Å². The first-order valence-corrected chi connectivity index (χ1v) is 11.8. The third-order valence-corrected chi connectivity index (χ3v) is 7.03. The Morgan fingerprint density at radius 1 is 1.11 bits per heavy atom. The minimum Gasteiger partial charge on any atom is -0.478 e. The number of alkyl halides is 3. The Hall–Kier alpha value is -3.03. The summed E-state index contributed by atoms with van der Waals surface area (Å²) in [6.45, 7) is 10.8. The lowest BCUT2D eigenvalue weighted by Crippen LogP contribution is -2.33. The molecule has 0 saturated heterocycles. The molecule has 1 fully saturated rings. The number of carboxylic acid groups (broad SMARTS) is 1. The minimum absolute atomic E-state index is 0.137. The van der Waals surface area contributed by atoms with Crippen molar-refractivity contribution in [2.75, 3.05) is 0 Å². The van der Waals surface area contributed by atoms with Crippen molar-refractivity contribution in [3.63, 3.8) is 0 Å². The predicted octanol–water partition coefficient (Wildman–Crippen LogP) is 7.35. The Morgan fingerprint density at radius 2 is 1.77 bits per heavy atom. The van der Waals surface area contributed by atoms with Gasteiger partial charge in [0.05, 0.1) is 16.6 Å². The number of aromatic carboxylic acids is 1. The third-order valence-electron chi connectivity index (χ3n) is 7.03. The van der Waals surface area contributed by atoms with Crippen molar-refractivity contribution in [1.82, 2.24) is 9.55 Å². The second-order valence-corrected chi connectivity index (χ2v) is 11.1. The Morgan fingerprint density at radius 3 is 2.34 bits per heavy atom. The maximum absolute atomic E-state index is 12.6. The van der Waals surface area contributed by atoms with Crippen LogP contribution in [0.4, 0.5) is 13.2 Å². The van der Waals surface area contributed by atoms with E-state index in [0.717, 1.165) is 36.2 Å². The number of rotatable bonds is 5. The van der Waals surface area contributed by atoms with Crippen LogP contribution in [-0.4, -0.2) is 27.0 Å². The van der Waals surface area contributed by atoms with E-state index < -0.39 is 17.7 Å². The summed E-state index contributed by atoms with van der Waals surface area (Å²) < 4.78 is 44.1. The first-order chi connectivity index (χ1) is 16.2. The molecule has 8 heteroatoms. The number of benzene rings is 2. The van der Waals surface area contributed by atoms with E-state index >= 15 is 0 Å². The van der Waals surface area contributed by atoms with E-state index in [1.165, 1.54) is 12.1 Å². The predicted molar refractivity (Wildman–Crippen MR) is 128 cm³/mol. The van der Waals surface area contributed by atoms with Crippen LogP contribution in [0.2, 0.25) is 0 Å². The molecule has 0 amide bonds. The van der Waals surface area contributed by atoms with Gasteiger partial charge >= 0.3 is 12.3 Å². The molecule has 5 nitrogen and oxygen atoms in total. The molecule has 0 bridgehead atoms. The molecule has 0 spiro atoms. The van der Waals surface area contributed by atoms with Gasteiger partial charge in [-0.05, 0) is 80.3 Å². The number of carbonyl (C=O) groups is 1. The SMILES string of the molecule is C[C@@H]1C[C@H](n2c(C(C)(C)c3ccc(OC(F)(F)F)cc3)nc3cc(C(=O)O)ccc32)CC(C)(C)C1. The summed E-state index contributed by atoms with van der Waals surface area (Å²) in [4.78, 5) is 16.5. The van der Waals surface area contributed by atoms with Crippen LogP contribution in [0.15, 0.2) is 42.5 Å². The smallest absolute Gasteiger partial charge is 0.478 e.